The van der Waals surface area contributed by atoms with Crippen molar-refractivity contribution in [3.8, 4) is 44.5 Å². The summed E-state index contributed by atoms with van der Waals surface area (Å²) in [5.74, 6) is 0. The first kappa shape index (κ1) is 36.6. The molecule has 0 saturated carbocycles. The van der Waals surface area contributed by atoms with Gasteiger partial charge in [0.2, 0.25) is 0 Å². The number of rotatable bonds is 6. The minimum Gasteiger partial charge on any atom is -0.0906 e. The standard InChI is InChI=1S/C62H46/c1-40(41-19-9-4-10-20-41)44-29-34-51-52-38-56-55(39-58(52)62(57(51)37-44,47-25-15-7-16-26-47)48-27-17-8-18-28-48)59-53-35-45(42-21-11-5-12-22-42)30-32-49(53)50-33-31-46(43-23-13-6-14-24-43)36-54(50)60(59)61(56,2)3/h5-9,11-39H,1,4,10H2,2-3H3. The molecule has 3 aliphatic carbocycles. The summed E-state index contributed by atoms with van der Waals surface area (Å²) in [4.78, 5) is 0. The molecular formula is C62H46. The van der Waals surface area contributed by atoms with Crippen LogP contribution in [0.3, 0.4) is 0 Å². The van der Waals surface area contributed by atoms with Gasteiger partial charge in [0.1, 0.15) is 0 Å². The second-order valence-corrected chi connectivity index (χ2v) is 17.9. The van der Waals surface area contributed by atoms with E-state index in [0.717, 1.165) is 18.4 Å². The lowest BCUT2D eigenvalue weighted by Crippen LogP contribution is -2.28. The van der Waals surface area contributed by atoms with E-state index >= 15 is 0 Å². The Labute approximate surface area is 364 Å². The van der Waals surface area contributed by atoms with E-state index in [2.05, 4.69) is 220 Å². The smallest absolute Gasteiger partial charge is 0.0714 e. The topological polar surface area (TPSA) is 0 Å². The molecule has 0 heterocycles. The Morgan fingerprint density at radius 3 is 1.60 bits per heavy atom. The largest absolute Gasteiger partial charge is 0.0906 e. The Bertz CT molecular complexity index is 3300. The fraction of sp³-hybridized carbons (Fsp3) is 0.0968. The van der Waals surface area contributed by atoms with Crippen molar-refractivity contribution in [3.63, 3.8) is 0 Å². The molecule has 0 aromatic heterocycles. The summed E-state index contributed by atoms with van der Waals surface area (Å²) in [6, 6.07) is 70.8. The summed E-state index contributed by atoms with van der Waals surface area (Å²) in [6.07, 6.45) is 9.00. The molecule has 62 heavy (non-hydrogen) atoms. The lowest BCUT2D eigenvalue weighted by Gasteiger charge is -2.34. The number of benzene rings is 9. The number of allylic oxidation sites excluding steroid dienone is 5. The van der Waals surface area contributed by atoms with Gasteiger partial charge in [-0.1, -0.05) is 196 Å². The fourth-order valence-electron chi connectivity index (χ4n) is 11.4. The minimum absolute atomic E-state index is 0.289. The molecule has 0 radical (unpaired) electrons. The summed E-state index contributed by atoms with van der Waals surface area (Å²) >= 11 is 0. The van der Waals surface area contributed by atoms with Crippen LogP contribution in [0.2, 0.25) is 0 Å². The third-order valence-electron chi connectivity index (χ3n) is 14.3. The quantitative estimate of drug-likeness (QED) is 0.147. The van der Waals surface area contributed by atoms with E-state index in [0.29, 0.717) is 0 Å². The Morgan fingerprint density at radius 2 is 1.00 bits per heavy atom. The molecule has 0 nitrogen and oxygen atoms in total. The van der Waals surface area contributed by atoms with Gasteiger partial charge in [0, 0.05) is 5.41 Å². The molecule has 0 atom stereocenters. The molecule has 3 aliphatic rings. The van der Waals surface area contributed by atoms with Gasteiger partial charge in [-0.2, -0.15) is 0 Å². The highest BCUT2D eigenvalue weighted by Gasteiger charge is 2.49. The third-order valence-corrected chi connectivity index (χ3v) is 14.3. The van der Waals surface area contributed by atoms with E-state index in [1.165, 1.54) is 111 Å². The normalized spacial score (nSPS) is 15.2. The number of hydrogen-bond acceptors (Lipinski definition) is 0. The third kappa shape index (κ3) is 5.26. The van der Waals surface area contributed by atoms with Crippen LogP contribution >= 0.6 is 0 Å². The zero-order valence-electron chi connectivity index (χ0n) is 35.3. The van der Waals surface area contributed by atoms with Gasteiger partial charge in [-0.25, -0.2) is 0 Å². The molecule has 0 aliphatic heterocycles. The van der Waals surface area contributed by atoms with Crippen LogP contribution in [-0.2, 0) is 10.8 Å². The second-order valence-electron chi connectivity index (χ2n) is 17.9. The van der Waals surface area contributed by atoms with Crippen LogP contribution < -0.4 is 0 Å². The summed E-state index contributed by atoms with van der Waals surface area (Å²) in [5.41, 5.74) is 20.8. The monoisotopic (exact) mass is 790 g/mol. The van der Waals surface area contributed by atoms with Crippen LogP contribution in [0.1, 0.15) is 65.6 Å². The van der Waals surface area contributed by atoms with Gasteiger partial charge in [0.05, 0.1) is 5.41 Å². The second kappa shape index (κ2) is 13.9. The van der Waals surface area contributed by atoms with Crippen molar-refractivity contribution in [1.82, 2.24) is 0 Å². The van der Waals surface area contributed by atoms with E-state index in [1.54, 1.807) is 0 Å². The van der Waals surface area contributed by atoms with Gasteiger partial charge in [-0.15, -0.1) is 0 Å². The Kier molecular flexibility index (Phi) is 8.18. The highest BCUT2D eigenvalue weighted by atomic mass is 14.5. The number of fused-ring (bicyclic) bond motifs is 11. The van der Waals surface area contributed by atoms with Crippen molar-refractivity contribution in [1.29, 1.82) is 0 Å². The van der Waals surface area contributed by atoms with E-state index in [1.807, 2.05) is 0 Å². The van der Waals surface area contributed by atoms with Crippen molar-refractivity contribution in [3.05, 3.63) is 257 Å². The Morgan fingerprint density at radius 1 is 0.452 bits per heavy atom. The molecule has 0 fully saturated rings. The van der Waals surface area contributed by atoms with Crippen LogP contribution in [0.15, 0.2) is 218 Å². The average molecular weight is 791 g/mol. The SMILES string of the molecule is C=C(C1=CCCC=C1)c1ccc2c(c1)C(c1ccccc1)(c1ccccc1)c1cc3c(cc1-2)C(C)(C)c1c-3c2cc(-c3ccccc3)ccc2c2ccc(-c3ccccc3)cc12. The maximum atomic E-state index is 4.70. The summed E-state index contributed by atoms with van der Waals surface area (Å²) in [6.45, 7) is 9.62. The average Bonchev–Trinajstić information content (AvgIpc) is 3.76. The fourth-order valence-corrected chi connectivity index (χ4v) is 11.4. The van der Waals surface area contributed by atoms with Crippen molar-refractivity contribution < 1.29 is 0 Å². The van der Waals surface area contributed by atoms with Crippen molar-refractivity contribution >= 4 is 27.1 Å². The maximum absolute atomic E-state index is 4.70. The number of hydrogen-bond donors (Lipinski definition) is 0. The van der Waals surface area contributed by atoms with Gasteiger partial charge < -0.3 is 0 Å². The van der Waals surface area contributed by atoms with Crippen molar-refractivity contribution in [2.75, 3.05) is 0 Å². The zero-order chi connectivity index (χ0) is 41.6. The predicted molar refractivity (Wildman–Crippen MR) is 263 cm³/mol. The Balaban J connectivity index is 1.19. The van der Waals surface area contributed by atoms with E-state index in [9.17, 15) is 0 Å². The lowest BCUT2D eigenvalue weighted by atomic mass is 9.67. The molecule has 294 valence electrons. The molecule has 12 rings (SSSR count). The summed E-state index contributed by atoms with van der Waals surface area (Å²) in [5, 5.41) is 5.23. The molecule has 0 unspecified atom stereocenters. The highest BCUT2D eigenvalue weighted by Crippen LogP contribution is 2.62. The van der Waals surface area contributed by atoms with E-state index < -0.39 is 5.41 Å². The molecule has 0 heteroatoms. The molecule has 0 N–H and O–H groups in total. The van der Waals surface area contributed by atoms with Gasteiger partial charge in [-0.05, 0) is 159 Å². The van der Waals surface area contributed by atoms with Crippen LogP contribution in [0.5, 0.6) is 0 Å². The lowest BCUT2D eigenvalue weighted by molar-refractivity contribution is 0.666. The van der Waals surface area contributed by atoms with Crippen molar-refractivity contribution in [2.45, 2.75) is 37.5 Å². The highest BCUT2D eigenvalue weighted by molar-refractivity contribution is 6.20. The zero-order valence-corrected chi connectivity index (χ0v) is 35.3. The minimum atomic E-state index is -0.565. The van der Waals surface area contributed by atoms with Gasteiger partial charge in [0.15, 0.2) is 0 Å². The van der Waals surface area contributed by atoms with E-state index in [-0.39, 0.29) is 5.41 Å². The Hall–Kier alpha value is -7.28. The first-order valence-corrected chi connectivity index (χ1v) is 22.1. The molecule has 0 spiro atoms. The molecule has 0 bridgehead atoms. The van der Waals surface area contributed by atoms with Gasteiger partial charge >= 0.3 is 0 Å². The molecule has 0 amide bonds. The van der Waals surface area contributed by atoms with Gasteiger partial charge in [0.25, 0.3) is 0 Å². The summed E-state index contributed by atoms with van der Waals surface area (Å²) < 4.78 is 0. The molecular weight excluding hydrogens is 745 g/mol. The van der Waals surface area contributed by atoms with Crippen LogP contribution in [0.25, 0.3) is 71.6 Å². The summed E-state index contributed by atoms with van der Waals surface area (Å²) in [7, 11) is 0. The van der Waals surface area contributed by atoms with Crippen LogP contribution in [0.4, 0.5) is 0 Å². The predicted octanol–water partition coefficient (Wildman–Crippen LogP) is 16.3. The maximum Gasteiger partial charge on any atom is 0.0714 e. The van der Waals surface area contributed by atoms with Gasteiger partial charge in [-0.3, -0.25) is 0 Å². The van der Waals surface area contributed by atoms with Crippen LogP contribution in [-0.4, -0.2) is 0 Å². The first-order valence-electron chi connectivity index (χ1n) is 22.1. The van der Waals surface area contributed by atoms with E-state index in [4.69, 9.17) is 6.58 Å². The van der Waals surface area contributed by atoms with Crippen LogP contribution in [0, 0.1) is 0 Å². The molecule has 9 aromatic rings. The van der Waals surface area contributed by atoms with Crippen molar-refractivity contribution in [2.24, 2.45) is 0 Å². The first-order chi connectivity index (χ1) is 30.4. The molecule has 0 saturated heterocycles. The molecule has 9 aromatic carbocycles.